The summed E-state index contributed by atoms with van der Waals surface area (Å²) < 4.78 is 1.86. The number of aromatic hydroxyl groups is 1. The zero-order valence-corrected chi connectivity index (χ0v) is 10.1. The lowest BCUT2D eigenvalue weighted by Crippen LogP contribution is -2.25. The van der Waals surface area contributed by atoms with Crippen LogP contribution < -0.4 is 5.32 Å². The first kappa shape index (κ1) is 12.2. The highest BCUT2D eigenvalue weighted by molar-refractivity contribution is 5.96. The van der Waals surface area contributed by atoms with Gasteiger partial charge in [0.25, 0.3) is 5.91 Å². The van der Waals surface area contributed by atoms with E-state index in [1.54, 1.807) is 24.5 Å². The summed E-state index contributed by atoms with van der Waals surface area (Å²) in [5.74, 6) is -0.281. The monoisotopic (exact) mass is 245 g/mol. The van der Waals surface area contributed by atoms with Crippen molar-refractivity contribution < 1.29 is 9.90 Å². The Hall–Kier alpha value is -2.30. The zero-order valence-electron chi connectivity index (χ0n) is 10.1. The molecule has 2 N–H and O–H groups in total. The van der Waals surface area contributed by atoms with Crippen LogP contribution in [0.4, 0.5) is 0 Å². The molecule has 0 aliphatic heterocycles. The number of aryl methyl sites for hydroxylation is 1. The first-order valence-electron chi connectivity index (χ1n) is 5.70. The molecule has 0 spiro atoms. The molecule has 0 saturated heterocycles. The zero-order chi connectivity index (χ0) is 13.0. The Bertz CT molecular complexity index is 549. The average molecular weight is 245 g/mol. The highest BCUT2D eigenvalue weighted by atomic mass is 16.3. The number of amides is 1. The van der Waals surface area contributed by atoms with Gasteiger partial charge in [0.15, 0.2) is 0 Å². The van der Waals surface area contributed by atoms with Crippen molar-refractivity contribution in [2.45, 2.75) is 6.42 Å². The second-order valence-electron chi connectivity index (χ2n) is 4.05. The van der Waals surface area contributed by atoms with E-state index in [4.69, 9.17) is 0 Å². The molecule has 1 aromatic heterocycles. The number of imidazole rings is 1. The van der Waals surface area contributed by atoms with E-state index >= 15 is 0 Å². The van der Waals surface area contributed by atoms with E-state index in [1.165, 1.54) is 6.07 Å². The predicted octanol–water partition coefficient (Wildman–Crippen LogP) is 1.10. The number of aromatic nitrogens is 2. The number of phenols is 1. The van der Waals surface area contributed by atoms with Gasteiger partial charge in [-0.15, -0.1) is 0 Å². The molecular weight excluding hydrogens is 230 g/mol. The highest BCUT2D eigenvalue weighted by Crippen LogP contribution is 2.14. The number of carbonyl (C=O) groups is 1. The van der Waals surface area contributed by atoms with Gasteiger partial charge in [-0.2, -0.15) is 0 Å². The fraction of sp³-hybridized carbons (Fsp3) is 0.231. The number of para-hydroxylation sites is 1. The van der Waals surface area contributed by atoms with Gasteiger partial charge >= 0.3 is 0 Å². The lowest BCUT2D eigenvalue weighted by atomic mass is 10.2. The van der Waals surface area contributed by atoms with Gasteiger partial charge in [0.05, 0.1) is 17.6 Å². The molecule has 0 atom stereocenters. The maximum Gasteiger partial charge on any atom is 0.255 e. The number of benzene rings is 1. The Balaban J connectivity index is 1.87. The normalized spacial score (nSPS) is 10.3. The number of nitrogens with zero attached hydrogens (tertiary/aromatic N) is 2. The first-order chi connectivity index (χ1) is 8.66. The predicted molar refractivity (Wildman–Crippen MR) is 67.4 cm³/mol. The molecule has 2 rings (SSSR count). The van der Waals surface area contributed by atoms with Crippen LogP contribution >= 0.6 is 0 Å². The molecule has 1 heterocycles. The summed E-state index contributed by atoms with van der Waals surface area (Å²) in [6, 6.07) is 6.48. The van der Waals surface area contributed by atoms with Gasteiger partial charge in [-0.1, -0.05) is 12.1 Å². The van der Waals surface area contributed by atoms with Crippen LogP contribution in [0.1, 0.15) is 16.1 Å². The van der Waals surface area contributed by atoms with Crippen molar-refractivity contribution in [1.82, 2.24) is 14.9 Å². The van der Waals surface area contributed by atoms with E-state index in [0.717, 1.165) is 5.69 Å². The Morgan fingerprint density at radius 3 is 2.89 bits per heavy atom. The third kappa shape index (κ3) is 2.88. The summed E-state index contributed by atoms with van der Waals surface area (Å²) in [5, 5.41) is 12.3. The molecule has 94 valence electrons. The molecule has 5 nitrogen and oxygen atoms in total. The van der Waals surface area contributed by atoms with Gasteiger partial charge in [0, 0.05) is 26.2 Å². The van der Waals surface area contributed by atoms with Crippen LogP contribution in [0.15, 0.2) is 36.8 Å². The van der Waals surface area contributed by atoms with Crippen molar-refractivity contribution in [1.29, 1.82) is 0 Å². The minimum absolute atomic E-state index is 0.00663. The largest absolute Gasteiger partial charge is 0.507 e. The molecule has 1 amide bonds. The van der Waals surface area contributed by atoms with E-state index in [9.17, 15) is 9.90 Å². The van der Waals surface area contributed by atoms with Crippen molar-refractivity contribution >= 4 is 5.91 Å². The van der Waals surface area contributed by atoms with Crippen LogP contribution in [0.2, 0.25) is 0 Å². The van der Waals surface area contributed by atoms with E-state index in [-0.39, 0.29) is 11.7 Å². The van der Waals surface area contributed by atoms with Crippen LogP contribution in [-0.4, -0.2) is 27.1 Å². The lowest BCUT2D eigenvalue weighted by molar-refractivity contribution is 0.0951. The SMILES string of the molecule is Cn1cnc(CCNC(=O)c2ccccc2O)c1. The summed E-state index contributed by atoms with van der Waals surface area (Å²) in [4.78, 5) is 15.9. The highest BCUT2D eigenvalue weighted by Gasteiger charge is 2.09. The second kappa shape index (κ2) is 5.35. The van der Waals surface area contributed by atoms with Gasteiger partial charge < -0.3 is 15.0 Å². The van der Waals surface area contributed by atoms with Crippen molar-refractivity contribution in [3.05, 3.63) is 48.0 Å². The quantitative estimate of drug-likeness (QED) is 0.847. The number of rotatable bonds is 4. The van der Waals surface area contributed by atoms with Gasteiger partial charge in [-0.05, 0) is 12.1 Å². The van der Waals surface area contributed by atoms with Gasteiger partial charge in [-0.3, -0.25) is 4.79 Å². The molecule has 2 aromatic rings. The van der Waals surface area contributed by atoms with Gasteiger partial charge in [0.1, 0.15) is 5.75 Å². The molecule has 0 radical (unpaired) electrons. The molecule has 0 unspecified atom stereocenters. The summed E-state index contributed by atoms with van der Waals surface area (Å²) >= 11 is 0. The Morgan fingerprint density at radius 2 is 2.22 bits per heavy atom. The number of carbonyl (C=O) groups excluding carboxylic acids is 1. The summed E-state index contributed by atoms with van der Waals surface area (Å²) in [6.07, 6.45) is 4.30. The summed E-state index contributed by atoms with van der Waals surface area (Å²) in [7, 11) is 1.90. The summed E-state index contributed by atoms with van der Waals surface area (Å²) in [6.45, 7) is 0.490. The lowest BCUT2D eigenvalue weighted by Gasteiger charge is -2.05. The molecule has 5 heteroatoms. The molecular formula is C13H15N3O2. The van der Waals surface area contributed by atoms with Crippen molar-refractivity contribution in [2.24, 2.45) is 7.05 Å². The fourth-order valence-corrected chi connectivity index (χ4v) is 1.66. The van der Waals surface area contributed by atoms with Gasteiger partial charge in [0.2, 0.25) is 0 Å². The Morgan fingerprint density at radius 1 is 1.44 bits per heavy atom. The van der Waals surface area contributed by atoms with E-state index in [0.29, 0.717) is 18.5 Å². The minimum Gasteiger partial charge on any atom is -0.507 e. The molecule has 0 aliphatic rings. The molecule has 0 fully saturated rings. The van der Waals surface area contributed by atoms with Gasteiger partial charge in [-0.25, -0.2) is 4.98 Å². The molecule has 18 heavy (non-hydrogen) atoms. The molecule has 1 aromatic carbocycles. The van der Waals surface area contributed by atoms with Crippen molar-refractivity contribution in [2.75, 3.05) is 6.54 Å². The van der Waals surface area contributed by atoms with Crippen LogP contribution in [0.3, 0.4) is 0 Å². The second-order valence-corrected chi connectivity index (χ2v) is 4.05. The fourth-order valence-electron chi connectivity index (χ4n) is 1.66. The Kier molecular flexibility index (Phi) is 3.62. The molecule has 0 bridgehead atoms. The van der Waals surface area contributed by atoms with E-state index in [1.807, 2.05) is 17.8 Å². The van der Waals surface area contributed by atoms with Crippen LogP contribution in [0.5, 0.6) is 5.75 Å². The third-order valence-corrected chi connectivity index (χ3v) is 2.57. The number of phenolic OH excluding ortho intramolecular Hbond substituents is 1. The standard InChI is InChI=1S/C13H15N3O2/c1-16-8-10(15-9-16)6-7-14-13(18)11-4-2-3-5-12(11)17/h2-5,8-9,17H,6-7H2,1H3,(H,14,18). The summed E-state index contributed by atoms with van der Waals surface area (Å²) in [5.41, 5.74) is 1.22. The maximum atomic E-state index is 11.8. The average Bonchev–Trinajstić information content (AvgIpc) is 2.75. The minimum atomic E-state index is -0.274. The Labute approximate surface area is 105 Å². The number of nitrogens with one attached hydrogen (secondary N) is 1. The first-order valence-corrected chi connectivity index (χ1v) is 5.70. The van der Waals surface area contributed by atoms with Crippen LogP contribution in [0.25, 0.3) is 0 Å². The number of hydrogen-bond acceptors (Lipinski definition) is 3. The van der Waals surface area contributed by atoms with Crippen molar-refractivity contribution in [3.63, 3.8) is 0 Å². The van der Waals surface area contributed by atoms with Crippen molar-refractivity contribution in [3.8, 4) is 5.75 Å². The topological polar surface area (TPSA) is 67.2 Å². The van der Waals surface area contributed by atoms with Crippen LogP contribution in [0, 0.1) is 0 Å². The maximum absolute atomic E-state index is 11.8. The van der Waals surface area contributed by atoms with Crippen LogP contribution in [-0.2, 0) is 13.5 Å². The smallest absolute Gasteiger partial charge is 0.255 e. The number of hydrogen-bond donors (Lipinski definition) is 2. The molecule has 0 saturated carbocycles. The van der Waals surface area contributed by atoms with E-state index in [2.05, 4.69) is 10.3 Å². The molecule has 0 aliphatic carbocycles. The van der Waals surface area contributed by atoms with E-state index < -0.39 is 0 Å². The third-order valence-electron chi connectivity index (χ3n) is 2.57.